The van der Waals surface area contributed by atoms with Crippen molar-refractivity contribution in [3.8, 4) is 11.3 Å². The molecule has 1 aromatic heterocycles. The maximum absolute atomic E-state index is 12.7. The van der Waals surface area contributed by atoms with Gasteiger partial charge in [0.1, 0.15) is 0 Å². The number of sulfonamides is 1. The first-order valence-electron chi connectivity index (χ1n) is 8.12. The van der Waals surface area contributed by atoms with E-state index in [1.54, 1.807) is 36.5 Å². The van der Waals surface area contributed by atoms with Crippen LogP contribution in [0.4, 0.5) is 0 Å². The van der Waals surface area contributed by atoms with Crippen molar-refractivity contribution in [3.63, 3.8) is 0 Å². The average molecular weight is 407 g/mol. The summed E-state index contributed by atoms with van der Waals surface area (Å²) >= 11 is 7.41. The van der Waals surface area contributed by atoms with Gasteiger partial charge in [0.15, 0.2) is 0 Å². The Bertz CT molecular complexity index is 1010. The predicted molar refractivity (Wildman–Crippen MR) is 107 cm³/mol. The molecule has 0 unspecified atom stereocenters. The molecule has 0 aliphatic heterocycles. The summed E-state index contributed by atoms with van der Waals surface area (Å²) in [6, 6.07) is 12.8. The van der Waals surface area contributed by atoms with Crippen molar-refractivity contribution in [2.45, 2.75) is 25.2 Å². The first-order valence-corrected chi connectivity index (χ1v) is 10.9. The van der Waals surface area contributed by atoms with Crippen LogP contribution in [0.2, 0.25) is 5.02 Å². The Labute approximate surface area is 162 Å². The third kappa shape index (κ3) is 4.51. The molecule has 0 aliphatic rings. The Kier molecular flexibility index (Phi) is 5.77. The number of rotatable bonds is 6. The average Bonchev–Trinajstić information content (AvgIpc) is 3.03. The van der Waals surface area contributed by atoms with Gasteiger partial charge in [-0.15, -0.1) is 11.3 Å². The molecule has 0 atom stereocenters. The lowest BCUT2D eigenvalue weighted by atomic mass is 10.1. The molecule has 0 fully saturated rings. The van der Waals surface area contributed by atoms with E-state index in [0.29, 0.717) is 23.6 Å². The summed E-state index contributed by atoms with van der Waals surface area (Å²) in [4.78, 5) is 4.72. The Morgan fingerprint density at radius 1 is 1.12 bits per heavy atom. The first kappa shape index (κ1) is 19.0. The van der Waals surface area contributed by atoms with E-state index in [2.05, 4.69) is 9.71 Å². The number of aromatic nitrogens is 1. The SMILES string of the molecule is Cc1nc(-c2ccc(C)c(S(=O)(=O)NCCc3ccc(Cl)cc3)c2)cs1. The van der Waals surface area contributed by atoms with E-state index in [0.717, 1.165) is 21.8 Å². The minimum Gasteiger partial charge on any atom is -0.242 e. The third-order valence-electron chi connectivity index (χ3n) is 4.01. The summed E-state index contributed by atoms with van der Waals surface area (Å²) in [6.45, 7) is 4.05. The Hall–Kier alpha value is -1.73. The van der Waals surface area contributed by atoms with E-state index in [9.17, 15) is 8.42 Å². The van der Waals surface area contributed by atoms with Crippen LogP contribution in [0.1, 0.15) is 16.1 Å². The quantitative estimate of drug-likeness (QED) is 0.650. The molecule has 0 bridgehead atoms. The van der Waals surface area contributed by atoms with Crippen LogP contribution in [-0.4, -0.2) is 19.9 Å². The molecule has 0 saturated heterocycles. The van der Waals surface area contributed by atoms with E-state index in [4.69, 9.17) is 11.6 Å². The fourth-order valence-corrected chi connectivity index (χ4v) is 4.65. The van der Waals surface area contributed by atoms with Crippen LogP contribution in [0.25, 0.3) is 11.3 Å². The molecule has 136 valence electrons. The van der Waals surface area contributed by atoms with E-state index >= 15 is 0 Å². The molecular weight excluding hydrogens is 388 g/mol. The number of aryl methyl sites for hydroxylation is 2. The highest BCUT2D eigenvalue weighted by atomic mass is 35.5. The van der Waals surface area contributed by atoms with Crippen molar-refractivity contribution in [2.24, 2.45) is 0 Å². The van der Waals surface area contributed by atoms with Gasteiger partial charge in [0.05, 0.1) is 15.6 Å². The van der Waals surface area contributed by atoms with Crippen molar-refractivity contribution >= 4 is 33.0 Å². The molecule has 3 aromatic rings. The normalized spacial score (nSPS) is 11.7. The molecule has 7 heteroatoms. The highest BCUT2D eigenvalue weighted by Gasteiger charge is 2.18. The number of nitrogens with one attached hydrogen (secondary N) is 1. The molecule has 1 heterocycles. The van der Waals surface area contributed by atoms with Gasteiger partial charge in [-0.2, -0.15) is 0 Å². The second kappa shape index (κ2) is 7.88. The van der Waals surface area contributed by atoms with Gasteiger partial charge in [-0.3, -0.25) is 0 Å². The van der Waals surface area contributed by atoms with Crippen LogP contribution in [0.3, 0.4) is 0 Å². The lowest BCUT2D eigenvalue weighted by Gasteiger charge is -2.11. The van der Waals surface area contributed by atoms with Crippen molar-refractivity contribution < 1.29 is 8.42 Å². The number of nitrogens with zero attached hydrogens (tertiary/aromatic N) is 1. The molecule has 26 heavy (non-hydrogen) atoms. The number of hydrogen-bond acceptors (Lipinski definition) is 4. The van der Waals surface area contributed by atoms with Gasteiger partial charge in [0, 0.05) is 22.5 Å². The molecular formula is C19H19ClN2O2S2. The Morgan fingerprint density at radius 3 is 2.50 bits per heavy atom. The zero-order valence-electron chi connectivity index (χ0n) is 14.5. The summed E-state index contributed by atoms with van der Waals surface area (Å²) < 4.78 is 28.2. The second-order valence-electron chi connectivity index (χ2n) is 6.01. The number of halogens is 1. The van der Waals surface area contributed by atoms with Crippen LogP contribution in [0.15, 0.2) is 52.7 Å². The van der Waals surface area contributed by atoms with Gasteiger partial charge in [0.2, 0.25) is 10.0 Å². The molecule has 0 saturated carbocycles. The number of hydrogen-bond donors (Lipinski definition) is 1. The monoisotopic (exact) mass is 406 g/mol. The Balaban J connectivity index is 1.76. The molecule has 2 aromatic carbocycles. The highest BCUT2D eigenvalue weighted by Crippen LogP contribution is 2.26. The van der Waals surface area contributed by atoms with Crippen LogP contribution >= 0.6 is 22.9 Å². The maximum atomic E-state index is 12.7. The zero-order valence-corrected chi connectivity index (χ0v) is 16.9. The third-order valence-corrected chi connectivity index (χ3v) is 6.64. The molecule has 0 spiro atoms. The van der Waals surface area contributed by atoms with Crippen molar-refractivity contribution in [2.75, 3.05) is 6.54 Å². The van der Waals surface area contributed by atoms with Gasteiger partial charge in [-0.25, -0.2) is 18.1 Å². The molecule has 0 radical (unpaired) electrons. The summed E-state index contributed by atoms with van der Waals surface area (Å²) in [5.41, 5.74) is 3.34. The van der Waals surface area contributed by atoms with Gasteiger partial charge >= 0.3 is 0 Å². The van der Waals surface area contributed by atoms with Gasteiger partial charge in [0.25, 0.3) is 0 Å². The van der Waals surface area contributed by atoms with E-state index in [-0.39, 0.29) is 4.90 Å². The summed E-state index contributed by atoms with van der Waals surface area (Å²) in [5, 5.41) is 3.55. The maximum Gasteiger partial charge on any atom is 0.240 e. The standard InChI is InChI=1S/C19H19ClN2O2S2/c1-13-3-6-16(18-12-25-14(2)22-18)11-19(13)26(23,24)21-10-9-15-4-7-17(20)8-5-15/h3-8,11-12,21H,9-10H2,1-2H3. The molecule has 0 aliphatic carbocycles. The van der Waals surface area contributed by atoms with Crippen molar-refractivity contribution in [3.05, 3.63) is 69.0 Å². The van der Waals surface area contributed by atoms with E-state index in [1.165, 1.54) is 0 Å². The minimum absolute atomic E-state index is 0.289. The second-order valence-corrected chi connectivity index (χ2v) is 9.24. The molecule has 4 nitrogen and oxygen atoms in total. The summed E-state index contributed by atoms with van der Waals surface area (Å²) in [7, 11) is -3.59. The topological polar surface area (TPSA) is 59.1 Å². The largest absolute Gasteiger partial charge is 0.242 e. The minimum atomic E-state index is -3.59. The zero-order chi connectivity index (χ0) is 18.7. The van der Waals surface area contributed by atoms with Crippen LogP contribution < -0.4 is 4.72 Å². The lowest BCUT2D eigenvalue weighted by molar-refractivity contribution is 0.581. The Morgan fingerprint density at radius 2 is 1.85 bits per heavy atom. The smallest absolute Gasteiger partial charge is 0.240 e. The van der Waals surface area contributed by atoms with Crippen LogP contribution in [0, 0.1) is 13.8 Å². The molecule has 3 rings (SSSR count). The first-order chi connectivity index (χ1) is 12.3. The summed E-state index contributed by atoms with van der Waals surface area (Å²) in [5.74, 6) is 0. The lowest BCUT2D eigenvalue weighted by Crippen LogP contribution is -2.26. The number of thiazole rings is 1. The van der Waals surface area contributed by atoms with E-state index < -0.39 is 10.0 Å². The fraction of sp³-hybridized carbons (Fsp3) is 0.211. The van der Waals surface area contributed by atoms with Crippen molar-refractivity contribution in [1.82, 2.24) is 9.71 Å². The van der Waals surface area contributed by atoms with Crippen LogP contribution in [0.5, 0.6) is 0 Å². The molecule has 1 N–H and O–H groups in total. The fourth-order valence-electron chi connectivity index (χ4n) is 2.60. The van der Waals surface area contributed by atoms with Gasteiger partial charge < -0.3 is 0 Å². The van der Waals surface area contributed by atoms with Crippen LogP contribution in [-0.2, 0) is 16.4 Å². The molecule has 0 amide bonds. The number of benzene rings is 2. The van der Waals surface area contributed by atoms with Crippen molar-refractivity contribution in [1.29, 1.82) is 0 Å². The van der Waals surface area contributed by atoms with Gasteiger partial charge in [-0.05, 0) is 49.6 Å². The van der Waals surface area contributed by atoms with E-state index in [1.807, 2.05) is 36.6 Å². The van der Waals surface area contributed by atoms with Gasteiger partial charge in [-0.1, -0.05) is 35.9 Å². The predicted octanol–water partition coefficient (Wildman–Crippen LogP) is 4.60. The summed E-state index contributed by atoms with van der Waals surface area (Å²) in [6.07, 6.45) is 0.598. The highest BCUT2D eigenvalue weighted by molar-refractivity contribution is 7.89.